The number of aromatic nitrogens is 7. The number of nitrogens with one attached hydrogen (secondary N) is 1. The molecule has 0 bridgehead atoms. The maximum absolute atomic E-state index is 13.6. The lowest BCUT2D eigenvalue weighted by Gasteiger charge is -2.33. The van der Waals surface area contributed by atoms with Crippen LogP contribution in [0.2, 0.25) is 0 Å². The van der Waals surface area contributed by atoms with Crippen molar-refractivity contribution in [2.24, 2.45) is 0 Å². The van der Waals surface area contributed by atoms with Gasteiger partial charge in [0.05, 0.1) is 29.3 Å². The first-order chi connectivity index (χ1) is 19.2. The number of sulfonamides is 1. The van der Waals surface area contributed by atoms with Gasteiger partial charge in [-0.25, -0.2) is 23.1 Å². The van der Waals surface area contributed by atoms with Crippen LogP contribution in [0.5, 0.6) is 5.88 Å². The van der Waals surface area contributed by atoms with Gasteiger partial charge in [0.1, 0.15) is 16.1 Å². The van der Waals surface area contributed by atoms with E-state index in [-0.39, 0.29) is 28.3 Å². The van der Waals surface area contributed by atoms with Gasteiger partial charge in [-0.05, 0) is 33.4 Å². The fraction of sp³-hybridized carbons (Fsp3) is 0.462. The van der Waals surface area contributed by atoms with Crippen LogP contribution in [0, 0.1) is 0 Å². The molecule has 0 saturated carbocycles. The summed E-state index contributed by atoms with van der Waals surface area (Å²) in [6, 6.07) is 1.48. The Hall–Kier alpha value is -3.75. The molecule has 40 heavy (non-hydrogen) atoms. The predicted octanol–water partition coefficient (Wildman–Crippen LogP) is 1.70. The number of aryl methyl sites for hydroxylation is 1. The molecule has 5 rings (SSSR count). The first-order valence-corrected chi connectivity index (χ1v) is 14.8. The van der Waals surface area contributed by atoms with Gasteiger partial charge in [-0.2, -0.15) is 9.40 Å². The highest BCUT2D eigenvalue weighted by atomic mass is 32.2. The smallest absolute Gasteiger partial charge is 0.262 e. The number of rotatable bonds is 9. The van der Waals surface area contributed by atoms with Gasteiger partial charge < -0.3 is 14.6 Å². The van der Waals surface area contributed by atoms with Crippen molar-refractivity contribution >= 4 is 21.1 Å². The van der Waals surface area contributed by atoms with Crippen LogP contribution >= 0.6 is 0 Å². The van der Waals surface area contributed by atoms with Gasteiger partial charge >= 0.3 is 0 Å². The third-order valence-electron chi connectivity index (χ3n) is 6.78. The average Bonchev–Trinajstić information content (AvgIpc) is 3.31. The van der Waals surface area contributed by atoms with E-state index in [4.69, 9.17) is 9.72 Å². The number of nitrogens with zero attached hydrogens (tertiary/aromatic N) is 8. The highest BCUT2D eigenvalue weighted by Gasteiger charge is 2.30. The minimum Gasteiger partial charge on any atom is -0.474 e. The molecule has 14 heteroatoms. The number of likely N-dealkylation sites (N-methyl/N-ethyl adjacent to an activating group) is 1. The molecule has 1 aliphatic heterocycles. The lowest BCUT2D eigenvalue weighted by atomic mass is 10.2. The van der Waals surface area contributed by atoms with Gasteiger partial charge in [-0.3, -0.25) is 14.8 Å². The van der Waals surface area contributed by atoms with E-state index in [0.717, 1.165) is 6.54 Å². The maximum Gasteiger partial charge on any atom is 0.262 e. The summed E-state index contributed by atoms with van der Waals surface area (Å²) in [5, 5.41) is 4.95. The Kier molecular flexibility index (Phi) is 7.92. The third-order valence-corrected chi connectivity index (χ3v) is 8.65. The van der Waals surface area contributed by atoms with E-state index >= 15 is 0 Å². The van der Waals surface area contributed by atoms with E-state index in [9.17, 15) is 13.2 Å². The van der Waals surface area contributed by atoms with Crippen LogP contribution < -0.4 is 10.3 Å². The Balaban J connectivity index is 1.60. The Bertz CT molecular complexity index is 1660. The van der Waals surface area contributed by atoms with Crippen molar-refractivity contribution in [1.29, 1.82) is 0 Å². The molecule has 1 saturated heterocycles. The van der Waals surface area contributed by atoms with Crippen LogP contribution in [0.4, 0.5) is 0 Å². The number of hydrogen-bond donors (Lipinski definition) is 1. The summed E-state index contributed by atoms with van der Waals surface area (Å²) >= 11 is 0. The van der Waals surface area contributed by atoms with Crippen LogP contribution in [0.1, 0.15) is 39.1 Å². The number of pyridine rings is 1. The number of fused-ring (bicyclic) bond motifs is 1. The van der Waals surface area contributed by atoms with Crippen molar-refractivity contribution < 1.29 is 13.2 Å². The number of piperazine rings is 1. The Morgan fingerprint density at radius 2 is 1.82 bits per heavy atom. The maximum atomic E-state index is 13.6. The molecule has 0 aromatic carbocycles. The standard InChI is InChI=1S/C26H33N9O4S/c1-5-33-9-11-34(12-10-33)40(37,38)19-14-20(26(29-16-19)39-17(3)4)23-30-24-22(25(36)31-23)21(32-35(24)6-2)13-18-15-27-7-8-28-18/h7-8,14-17H,5-6,9-13H2,1-4H3,(H,30,31,36). The molecule has 1 fully saturated rings. The lowest BCUT2D eigenvalue weighted by Crippen LogP contribution is -2.48. The topological polar surface area (TPSA) is 152 Å². The second-order valence-corrected chi connectivity index (χ2v) is 11.7. The summed E-state index contributed by atoms with van der Waals surface area (Å²) in [6.07, 6.45) is 6.16. The summed E-state index contributed by atoms with van der Waals surface area (Å²) in [5.41, 5.74) is 1.44. The van der Waals surface area contributed by atoms with E-state index in [1.807, 2.05) is 20.8 Å². The number of ether oxygens (including phenoxy) is 1. The molecular formula is C26H33N9O4S. The first-order valence-electron chi connectivity index (χ1n) is 13.3. The SMILES string of the molecule is CCN1CCN(S(=O)(=O)c2cnc(OC(C)C)c(-c3nc4c(c(Cc5cnccn5)nn4CC)c(=O)[nH]3)c2)CC1. The molecule has 0 spiro atoms. The summed E-state index contributed by atoms with van der Waals surface area (Å²) in [5.74, 6) is 0.323. The van der Waals surface area contributed by atoms with Crippen molar-refractivity contribution in [3.63, 3.8) is 0 Å². The van der Waals surface area contributed by atoms with Crippen molar-refractivity contribution in [3.05, 3.63) is 52.6 Å². The van der Waals surface area contributed by atoms with Gasteiger partial charge in [0.2, 0.25) is 15.9 Å². The molecule has 4 aromatic rings. The molecule has 13 nitrogen and oxygen atoms in total. The molecule has 1 N–H and O–H groups in total. The minimum atomic E-state index is -3.83. The highest BCUT2D eigenvalue weighted by Crippen LogP contribution is 2.31. The fourth-order valence-electron chi connectivity index (χ4n) is 4.71. The predicted molar refractivity (Wildman–Crippen MR) is 149 cm³/mol. The summed E-state index contributed by atoms with van der Waals surface area (Å²) < 4.78 is 36.1. The van der Waals surface area contributed by atoms with E-state index in [1.54, 1.807) is 23.3 Å². The van der Waals surface area contributed by atoms with E-state index < -0.39 is 15.6 Å². The molecule has 4 aromatic heterocycles. The Morgan fingerprint density at radius 1 is 1.05 bits per heavy atom. The van der Waals surface area contributed by atoms with Gasteiger partial charge in [0.25, 0.3) is 5.56 Å². The van der Waals surface area contributed by atoms with Crippen LogP contribution in [0.3, 0.4) is 0 Å². The van der Waals surface area contributed by atoms with Crippen LogP contribution in [-0.2, 0) is 23.0 Å². The molecule has 0 atom stereocenters. The summed E-state index contributed by atoms with van der Waals surface area (Å²) in [6.45, 7) is 11.1. The number of H-pyrrole nitrogens is 1. The summed E-state index contributed by atoms with van der Waals surface area (Å²) in [7, 11) is -3.83. The average molecular weight is 568 g/mol. The molecular weight excluding hydrogens is 534 g/mol. The van der Waals surface area contributed by atoms with E-state index in [0.29, 0.717) is 61.6 Å². The zero-order chi connectivity index (χ0) is 28.4. The highest BCUT2D eigenvalue weighted by molar-refractivity contribution is 7.89. The number of hydrogen-bond acceptors (Lipinski definition) is 10. The molecule has 212 valence electrons. The van der Waals surface area contributed by atoms with Gasteiger partial charge in [0, 0.05) is 57.7 Å². The van der Waals surface area contributed by atoms with E-state index in [2.05, 4.69) is 36.9 Å². The van der Waals surface area contributed by atoms with Crippen molar-refractivity contribution in [2.75, 3.05) is 32.7 Å². The Morgan fingerprint density at radius 3 is 2.48 bits per heavy atom. The zero-order valence-electron chi connectivity index (χ0n) is 23.0. The van der Waals surface area contributed by atoms with Gasteiger partial charge in [-0.1, -0.05) is 6.92 Å². The molecule has 1 aliphatic rings. The van der Waals surface area contributed by atoms with Crippen molar-refractivity contribution in [3.8, 4) is 17.3 Å². The zero-order valence-corrected chi connectivity index (χ0v) is 23.8. The molecule has 0 aliphatic carbocycles. The number of aromatic amines is 1. The minimum absolute atomic E-state index is 0.0126. The monoisotopic (exact) mass is 567 g/mol. The van der Waals surface area contributed by atoms with Crippen LogP contribution in [0.15, 0.2) is 40.5 Å². The quantitative estimate of drug-likeness (QED) is 0.316. The van der Waals surface area contributed by atoms with Gasteiger partial charge in [0.15, 0.2) is 5.65 Å². The van der Waals surface area contributed by atoms with Crippen LogP contribution in [0.25, 0.3) is 22.4 Å². The fourth-order valence-corrected chi connectivity index (χ4v) is 6.11. The Labute approximate surface area is 232 Å². The molecule has 0 radical (unpaired) electrons. The summed E-state index contributed by atoms with van der Waals surface area (Å²) in [4.78, 5) is 36.0. The molecule has 0 unspecified atom stereocenters. The normalized spacial score (nSPS) is 15.2. The second kappa shape index (κ2) is 11.4. The lowest BCUT2D eigenvalue weighted by molar-refractivity contribution is 0.196. The van der Waals surface area contributed by atoms with Crippen molar-refractivity contribution in [1.82, 2.24) is 43.9 Å². The van der Waals surface area contributed by atoms with Crippen LogP contribution in [-0.4, -0.2) is 91.2 Å². The van der Waals surface area contributed by atoms with Gasteiger partial charge in [-0.15, -0.1) is 0 Å². The van der Waals surface area contributed by atoms with Crippen molar-refractivity contribution in [2.45, 2.75) is 51.7 Å². The third kappa shape index (κ3) is 5.46. The largest absolute Gasteiger partial charge is 0.474 e. The molecule has 0 amide bonds. The van der Waals surface area contributed by atoms with E-state index in [1.165, 1.54) is 16.6 Å². The molecule has 5 heterocycles. The second-order valence-electron chi connectivity index (χ2n) is 9.78. The first kappa shape index (κ1) is 27.8.